The summed E-state index contributed by atoms with van der Waals surface area (Å²) < 4.78 is 38.9. The van der Waals surface area contributed by atoms with Crippen molar-refractivity contribution in [1.29, 1.82) is 0 Å². The Morgan fingerprint density at radius 3 is 2.37 bits per heavy atom. The number of aliphatic carboxylic acids is 1. The highest BCUT2D eigenvalue weighted by molar-refractivity contribution is 5.94. The minimum absolute atomic E-state index is 0.534. The maximum atomic E-state index is 10.6. The zero-order valence-electron chi connectivity index (χ0n) is 20.1. The van der Waals surface area contributed by atoms with Gasteiger partial charge in [-0.2, -0.15) is 18.3 Å². The number of alkyl halides is 3. The van der Waals surface area contributed by atoms with Gasteiger partial charge >= 0.3 is 12.1 Å². The summed E-state index contributed by atoms with van der Waals surface area (Å²) in [6, 6.07) is 21.9. The van der Waals surface area contributed by atoms with Gasteiger partial charge in [0.25, 0.3) is 0 Å². The van der Waals surface area contributed by atoms with E-state index in [2.05, 4.69) is 32.5 Å². The van der Waals surface area contributed by atoms with Gasteiger partial charge in [0.15, 0.2) is 0 Å². The van der Waals surface area contributed by atoms with Gasteiger partial charge in [0.05, 0.1) is 18.3 Å². The van der Waals surface area contributed by atoms with Crippen LogP contribution in [-0.2, 0) is 4.79 Å². The Hall–Kier alpha value is -5.00. The van der Waals surface area contributed by atoms with Gasteiger partial charge in [-0.15, -0.1) is 0 Å². The molecule has 0 atom stereocenters. The molecule has 0 bridgehead atoms. The van der Waals surface area contributed by atoms with Crippen molar-refractivity contribution in [2.24, 2.45) is 0 Å². The topological polar surface area (TPSA) is 115 Å². The van der Waals surface area contributed by atoms with Gasteiger partial charge in [-0.05, 0) is 48.9 Å². The number of nitrogens with zero attached hydrogens (tertiary/aromatic N) is 5. The number of carbonyl (C=O) groups is 1. The second-order valence-corrected chi connectivity index (χ2v) is 7.88. The molecule has 0 aliphatic carbocycles. The van der Waals surface area contributed by atoms with E-state index in [-0.39, 0.29) is 0 Å². The van der Waals surface area contributed by atoms with E-state index in [0.29, 0.717) is 5.95 Å². The number of para-hydroxylation sites is 1. The lowest BCUT2D eigenvalue weighted by molar-refractivity contribution is -0.192. The molecule has 2 N–H and O–H groups in total. The SMILES string of the molecule is COc1cccc(-c2cccc3cnc(Nc4ccc(-n5cnc(C)n5)cc4)nc23)c1.O=C(O)C(F)(F)F. The molecule has 0 unspecified atom stereocenters. The number of hydrogen-bond donors (Lipinski definition) is 2. The Morgan fingerprint density at radius 1 is 1.03 bits per heavy atom. The summed E-state index contributed by atoms with van der Waals surface area (Å²) in [5.74, 6) is -0.678. The molecule has 5 rings (SSSR count). The molecule has 2 heterocycles. The van der Waals surface area contributed by atoms with E-state index < -0.39 is 12.1 Å². The maximum Gasteiger partial charge on any atom is 0.490 e. The molecule has 3 aromatic carbocycles. The summed E-state index contributed by atoms with van der Waals surface area (Å²) in [4.78, 5) is 22.3. The minimum Gasteiger partial charge on any atom is -0.497 e. The first kappa shape index (κ1) is 26.1. The van der Waals surface area contributed by atoms with E-state index in [1.165, 1.54) is 0 Å². The van der Waals surface area contributed by atoms with Crippen LogP contribution in [0, 0.1) is 6.92 Å². The number of hydrogen-bond acceptors (Lipinski definition) is 7. The second kappa shape index (κ2) is 10.9. The number of ether oxygens (including phenoxy) is 1. The molecule has 12 heteroatoms. The quantitative estimate of drug-likeness (QED) is 0.308. The predicted octanol–water partition coefficient (Wildman–Crippen LogP) is 5.57. The molecule has 0 radical (unpaired) electrons. The Bertz CT molecular complexity index is 1570. The highest BCUT2D eigenvalue weighted by Gasteiger charge is 2.38. The zero-order valence-corrected chi connectivity index (χ0v) is 20.1. The van der Waals surface area contributed by atoms with Crippen LogP contribution in [0.2, 0.25) is 0 Å². The van der Waals surface area contributed by atoms with Crippen LogP contribution >= 0.6 is 0 Å². The zero-order chi connectivity index (χ0) is 27.3. The van der Waals surface area contributed by atoms with Crippen molar-refractivity contribution in [2.45, 2.75) is 13.1 Å². The highest BCUT2D eigenvalue weighted by atomic mass is 19.4. The first-order chi connectivity index (χ1) is 18.1. The van der Waals surface area contributed by atoms with E-state index in [0.717, 1.165) is 45.0 Å². The van der Waals surface area contributed by atoms with E-state index in [1.807, 2.05) is 67.7 Å². The second-order valence-electron chi connectivity index (χ2n) is 7.88. The third-order valence-corrected chi connectivity index (χ3v) is 5.23. The minimum atomic E-state index is -5.08. The molecule has 0 fully saturated rings. The van der Waals surface area contributed by atoms with Gasteiger partial charge in [-0.1, -0.05) is 30.3 Å². The molecule has 5 aromatic rings. The fourth-order valence-electron chi connectivity index (χ4n) is 3.44. The van der Waals surface area contributed by atoms with Crippen molar-refractivity contribution in [3.63, 3.8) is 0 Å². The molecule has 0 saturated carbocycles. The van der Waals surface area contributed by atoms with Gasteiger partial charge in [-0.3, -0.25) is 0 Å². The largest absolute Gasteiger partial charge is 0.497 e. The van der Waals surface area contributed by atoms with Crippen LogP contribution in [0.3, 0.4) is 0 Å². The van der Waals surface area contributed by atoms with E-state index in [1.54, 1.807) is 18.1 Å². The van der Waals surface area contributed by atoms with Crippen molar-refractivity contribution in [2.75, 3.05) is 12.4 Å². The Kier molecular flexibility index (Phi) is 7.51. The number of carboxylic acids is 1. The van der Waals surface area contributed by atoms with E-state index >= 15 is 0 Å². The molecule has 2 aromatic heterocycles. The van der Waals surface area contributed by atoms with E-state index in [4.69, 9.17) is 19.6 Å². The Balaban J connectivity index is 0.000000426. The molecule has 0 aliphatic rings. The number of carboxylic acid groups (broad SMARTS) is 1. The average Bonchev–Trinajstić information content (AvgIpc) is 3.35. The van der Waals surface area contributed by atoms with Gasteiger partial charge < -0.3 is 15.2 Å². The smallest absolute Gasteiger partial charge is 0.490 e. The normalized spacial score (nSPS) is 11.0. The fourth-order valence-corrected chi connectivity index (χ4v) is 3.44. The summed E-state index contributed by atoms with van der Waals surface area (Å²) in [5.41, 5.74) is 4.77. The summed E-state index contributed by atoms with van der Waals surface area (Å²) in [6.07, 6.45) is -1.55. The monoisotopic (exact) mass is 522 g/mol. The van der Waals surface area contributed by atoms with Crippen molar-refractivity contribution in [1.82, 2.24) is 24.7 Å². The number of anilines is 2. The first-order valence-corrected chi connectivity index (χ1v) is 11.1. The van der Waals surface area contributed by atoms with Crippen LogP contribution in [0.25, 0.3) is 27.7 Å². The number of aryl methyl sites for hydroxylation is 1. The standard InChI is InChI=1S/C24H20N6O.C2HF3O2/c1-16-26-15-30(29-16)20-11-9-19(10-12-20)27-24-25-14-18-6-4-8-22(23(18)28-24)17-5-3-7-21(13-17)31-2;3-2(4,5)1(6)7/h3-15H,1-2H3,(H,25,27,28);(H,6,7). The fraction of sp³-hybridized carbons (Fsp3) is 0.115. The summed E-state index contributed by atoms with van der Waals surface area (Å²) in [5, 5.41) is 15.7. The van der Waals surface area contributed by atoms with Crippen LogP contribution in [0.4, 0.5) is 24.8 Å². The molecule has 0 spiro atoms. The van der Waals surface area contributed by atoms with Crippen LogP contribution in [-0.4, -0.2) is 49.1 Å². The number of aromatic nitrogens is 5. The lowest BCUT2D eigenvalue weighted by atomic mass is 10.0. The van der Waals surface area contributed by atoms with Crippen molar-refractivity contribution >= 4 is 28.5 Å². The number of methoxy groups -OCH3 is 1. The molecule has 38 heavy (non-hydrogen) atoms. The molecule has 9 nitrogen and oxygen atoms in total. The van der Waals surface area contributed by atoms with Crippen molar-refractivity contribution in [3.8, 4) is 22.6 Å². The van der Waals surface area contributed by atoms with Crippen molar-refractivity contribution in [3.05, 3.63) is 85.1 Å². The maximum absolute atomic E-state index is 10.6. The number of fused-ring (bicyclic) bond motifs is 1. The first-order valence-electron chi connectivity index (χ1n) is 11.1. The third-order valence-electron chi connectivity index (χ3n) is 5.23. The van der Waals surface area contributed by atoms with E-state index in [9.17, 15) is 13.2 Å². The number of nitrogens with one attached hydrogen (secondary N) is 1. The molecule has 0 saturated heterocycles. The van der Waals surface area contributed by atoms with Crippen LogP contribution in [0.1, 0.15) is 5.82 Å². The number of rotatable bonds is 5. The summed E-state index contributed by atoms with van der Waals surface area (Å²) in [6.45, 7) is 1.86. The summed E-state index contributed by atoms with van der Waals surface area (Å²) >= 11 is 0. The van der Waals surface area contributed by atoms with Gasteiger partial charge in [0.2, 0.25) is 5.95 Å². The molecular formula is C26H21F3N6O3. The third kappa shape index (κ3) is 6.22. The Labute approximate surface area is 214 Å². The summed E-state index contributed by atoms with van der Waals surface area (Å²) in [7, 11) is 1.67. The van der Waals surface area contributed by atoms with Crippen LogP contribution in [0.15, 0.2) is 79.3 Å². The average molecular weight is 522 g/mol. The molecule has 0 amide bonds. The van der Waals surface area contributed by atoms with Gasteiger partial charge in [-0.25, -0.2) is 24.4 Å². The molecule has 0 aliphatic heterocycles. The molecular weight excluding hydrogens is 501 g/mol. The predicted molar refractivity (Wildman–Crippen MR) is 135 cm³/mol. The Morgan fingerprint density at radius 2 is 1.74 bits per heavy atom. The molecule has 194 valence electrons. The van der Waals surface area contributed by atoms with Gasteiger partial charge in [0, 0.05) is 22.8 Å². The number of benzene rings is 3. The van der Waals surface area contributed by atoms with Crippen LogP contribution in [0.5, 0.6) is 5.75 Å². The van der Waals surface area contributed by atoms with Gasteiger partial charge in [0.1, 0.15) is 17.9 Å². The highest BCUT2D eigenvalue weighted by Crippen LogP contribution is 2.30. The van der Waals surface area contributed by atoms with Crippen LogP contribution < -0.4 is 10.1 Å². The lowest BCUT2D eigenvalue weighted by Crippen LogP contribution is -2.21. The van der Waals surface area contributed by atoms with Crippen molar-refractivity contribution < 1.29 is 27.8 Å². The number of halogens is 3. The lowest BCUT2D eigenvalue weighted by Gasteiger charge is -2.10.